The van der Waals surface area contributed by atoms with Crippen molar-refractivity contribution in [1.29, 1.82) is 0 Å². The summed E-state index contributed by atoms with van der Waals surface area (Å²) in [6, 6.07) is 3.23. The molecule has 0 bridgehead atoms. The third kappa shape index (κ3) is 2.51. The molecule has 1 nitrogen and oxygen atoms in total. The van der Waals surface area contributed by atoms with Gasteiger partial charge in [-0.15, -0.1) is 0 Å². The van der Waals surface area contributed by atoms with Crippen LogP contribution in [0.5, 0.6) is 5.75 Å². The molecule has 1 saturated carbocycles. The van der Waals surface area contributed by atoms with E-state index < -0.39 is 5.82 Å². The van der Waals surface area contributed by atoms with Crippen molar-refractivity contribution in [3.8, 4) is 5.75 Å². The van der Waals surface area contributed by atoms with Gasteiger partial charge in [0, 0.05) is 0 Å². The lowest BCUT2D eigenvalue weighted by atomic mass is 10.1. The van der Waals surface area contributed by atoms with Gasteiger partial charge in [-0.25, -0.2) is 4.39 Å². The van der Waals surface area contributed by atoms with Crippen molar-refractivity contribution in [2.45, 2.75) is 32.3 Å². The Balaban J connectivity index is 2.13. The number of hydrogen-bond donors (Lipinski definition) is 0. The monoisotopic (exact) mass is 306 g/mol. The molecular formula is C12H13BrClFO. The van der Waals surface area contributed by atoms with Crippen molar-refractivity contribution in [3.05, 3.63) is 27.4 Å². The fraction of sp³-hybridized carbons (Fsp3) is 0.500. The van der Waals surface area contributed by atoms with Crippen LogP contribution in [0.2, 0.25) is 5.02 Å². The van der Waals surface area contributed by atoms with Crippen LogP contribution in [-0.2, 0) is 0 Å². The molecular weight excluding hydrogens is 294 g/mol. The number of rotatable bonds is 2. The Bertz CT molecular complexity index is 397. The highest BCUT2D eigenvalue weighted by Crippen LogP contribution is 2.35. The zero-order valence-corrected chi connectivity index (χ0v) is 11.3. The van der Waals surface area contributed by atoms with Gasteiger partial charge in [0.25, 0.3) is 0 Å². The van der Waals surface area contributed by atoms with E-state index >= 15 is 0 Å². The Kier molecular flexibility index (Phi) is 3.75. The molecule has 4 heteroatoms. The van der Waals surface area contributed by atoms with Gasteiger partial charge in [0.2, 0.25) is 0 Å². The third-order valence-electron chi connectivity index (χ3n) is 2.94. The van der Waals surface area contributed by atoms with Gasteiger partial charge in [0.15, 0.2) is 5.82 Å². The Hall–Kier alpha value is -0.280. The molecule has 1 fully saturated rings. The van der Waals surface area contributed by atoms with Gasteiger partial charge in [-0.2, -0.15) is 0 Å². The predicted molar refractivity (Wildman–Crippen MR) is 66.5 cm³/mol. The van der Waals surface area contributed by atoms with Gasteiger partial charge < -0.3 is 4.74 Å². The molecule has 0 aromatic heterocycles. The fourth-order valence-electron chi connectivity index (χ4n) is 2.04. The number of halogens is 3. The summed E-state index contributed by atoms with van der Waals surface area (Å²) in [4.78, 5) is 0. The Morgan fingerprint density at radius 1 is 1.44 bits per heavy atom. The van der Waals surface area contributed by atoms with Crippen LogP contribution in [0, 0.1) is 11.7 Å². The summed E-state index contributed by atoms with van der Waals surface area (Å²) < 4.78 is 19.6. The van der Waals surface area contributed by atoms with Crippen molar-refractivity contribution < 1.29 is 9.13 Å². The topological polar surface area (TPSA) is 9.23 Å². The summed E-state index contributed by atoms with van der Waals surface area (Å²) in [7, 11) is 0. The molecule has 0 aliphatic heterocycles. The zero-order valence-electron chi connectivity index (χ0n) is 8.97. The Morgan fingerprint density at radius 3 is 2.81 bits per heavy atom. The Morgan fingerprint density at radius 2 is 2.19 bits per heavy atom. The minimum absolute atomic E-state index is 0.110. The van der Waals surface area contributed by atoms with Crippen LogP contribution in [0.15, 0.2) is 16.6 Å². The molecule has 0 radical (unpaired) electrons. The lowest BCUT2D eigenvalue weighted by molar-refractivity contribution is 0.203. The predicted octanol–water partition coefficient (Wildman–Crippen LogP) is 4.81. The minimum atomic E-state index is -0.454. The van der Waals surface area contributed by atoms with E-state index in [-0.39, 0.29) is 11.1 Å². The maximum absolute atomic E-state index is 13.5. The van der Waals surface area contributed by atoms with Crippen molar-refractivity contribution in [3.63, 3.8) is 0 Å². The maximum atomic E-state index is 13.5. The minimum Gasteiger partial charge on any atom is -0.489 e. The van der Waals surface area contributed by atoms with Gasteiger partial charge in [-0.05, 0) is 53.2 Å². The lowest BCUT2D eigenvalue weighted by Crippen LogP contribution is -2.12. The quantitative estimate of drug-likeness (QED) is 0.713. The summed E-state index contributed by atoms with van der Waals surface area (Å²) in [5.41, 5.74) is 0. The molecule has 1 aromatic carbocycles. The summed E-state index contributed by atoms with van der Waals surface area (Å²) in [5, 5.41) is 0.110. The SMILES string of the molecule is C[C@H]1CC[C@@H](Oc2ccc(Cl)c(F)c2Br)C1. The van der Waals surface area contributed by atoms with Crippen molar-refractivity contribution in [2.24, 2.45) is 5.92 Å². The standard InChI is InChI=1S/C12H13BrClFO/c1-7-2-3-8(6-7)16-10-5-4-9(14)12(15)11(10)13/h4-5,7-8H,2-3,6H2,1H3/t7-,8+/m0/s1. The summed E-state index contributed by atoms with van der Waals surface area (Å²) in [6.45, 7) is 2.21. The molecule has 1 aliphatic carbocycles. The first-order valence-corrected chi connectivity index (χ1v) is 6.55. The number of benzene rings is 1. The normalized spacial score (nSPS) is 24.8. The summed E-state index contributed by atoms with van der Waals surface area (Å²) in [5.74, 6) is 0.784. The highest BCUT2D eigenvalue weighted by Gasteiger charge is 2.24. The van der Waals surface area contributed by atoms with E-state index in [1.54, 1.807) is 6.07 Å². The van der Waals surface area contributed by atoms with Crippen molar-refractivity contribution in [2.75, 3.05) is 0 Å². The molecule has 0 amide bonds. The molecule has 0 spiro atoms. The van der Waals surface area contributed by atoms with Crippen LogP contribution in [0.3, 0.4) is 0 Å². The van der Waals surface area contributed by atoms with E-state index in [4.69, 9.17) is 16.3 Å². The van der Waals surface area contributed by atoms with Gasteiger partial charge >= 0.3 is 0 Å². The van der Waals surface area contributed by atoms with Crippen LogP contribution in [0.25, 0.3) is 0 Å². The molecule has 2 rings (SSSR count). The molecule has 0 unspecified atom stereocenters. The summed E-state index contributed by atoms with van der Waals surface area (Å²) in [6.07, 6.45) is 3.46. The van der Waals surface area contributed by atoms with Crippen molar-refractivity contribution in [1.82, 2.24) is 0 Å². The van der Waals surface area contributed by atoms with E-state index in [0.29, 0.717) is 16.1 Å². The van der Waals surface area contributed by atoms with E-state index in [9.17, 15) is 4.39 Å². The fourth-order valence-corrected chi connectivity index (χ4v) is 2.75. The molecule has 0 N–H and O–H groups in total. The molecule has 2 atom stereocenters. The highest BCUT2D eigenvalue weighted by molar-refractivity contribution is 9.10. The largest absolute Gasteiger partial charge is 0.489 e. The van der Waals surface area contributed by atoms with E-state index in [1.807, 2.05) is 0 Å². The first kappa shape index (κ1) is 12.2. The van der Waals surface area contributed by atoms with Gasteiger partial charge in [0.05, 0.1) is 15.6 Å². The van der Waals surface area contributed by atoms with E-state index in [1.165, 1.54) is 12.5 Å². The van der Waals surface area contributed by atoms with Crippen molar-refractivity contribution >= 4 is 27.5 Å². The van der Waals surface area contributed by atoms with Gasteiger partial charge in [-0.1, -0.05) is 18.5 Å². The summed E-state index contributed by atoms with van der Waals surface area (Å²) >= 11 is 8.83. The highest BCUT2D eigenvalue weighted by atomic mass is 79.9. The molecule has 0 saturated heterocycles. The number of ether oxygens (including phenoxy) is 1. The van der Waals surface area contributed by atoms with Crippen LogP contribution >= 0.6 is 27.5 Å². The van der Waals surface area contributed by atoms with E-state index in [2.05, 4.69) is 22.9 Å². The second-order valence-corrected chi connectivity index (χ2v) is 5.53. The molecule has 1 aliphatic rings. The van der Waals surface area contributed by atoms with Crippen LogP contribution < -0.4 is 4.74 Å². The average molecular weight is 308 g/mol. The lowest BCUT2D eigenvalue weighted by Gasteiger charge is -2.15. The van der Waals surface area contributed by atoms with E-state index in [0.717, 1.165) is 12.8 Å². The third-order valence-corrected chi connectivity index (χ3v) is 3.97. The van der Waals surface area contributed by atoms with Crippen LogP contribution in [-0.4, -0.2) is 6.10 Å². The first-order chi connectivity index (χ1) is 7.58. The second-order valence-electron chi connectivity index (χ2n) is 4.33. The molecule has 88 valence electrons. The smallest absolute Gasteiger partial charge is 0.159 e. The Labute approximate surface area is 108 Å². The maximum Gasteiger partial charge on any atom is 0.159 e. The average Bonchev–Trinajstić information content (AvgIpc) is 2.65. The number of hydrogen-bond acceptors (Lipinski definition) is 1. The van der Waals surface area contributed by atoms with Crippen LogP contribution in [0.4, 0.5) is 4.39 Å². The molecule has 16 heavy (non-hydrogen) atoms. The van der Waals surface area contributed by atoms with Crippen LogP contribution in [0.1, 0.15) is 26.2 Å². The zero-order chi connectivity index (χ0) is 11.7. The van der Waals surface area contributed by atoms with Gasteiger partial charge in [0.1, 0.15) is 5.75 Å². The first-order valence-electron chi connectivity index (χ1n) is 5.38. The van der Waals surface area contributed by atoms with Gasteiger partial charge in [-0.3, -0.25) is 0 Å². The second kappa shape index (κ2) is 4.92. The molecule has 0 heterocycles. The molecule has 1 aromatic rings.